The van der Waals surface area contributed by atoms with E-state index in [-0.39, 0.29) is 18.9 Å². The molecule has 0 spiro atoms. The molecule has 0 bridgehead atoms. The fourth-order valence-corrected chi connectivity index (χ4v) is 9.29. The molecule has 17 unspecified atom stereocenters. The van der Waals surface area contributed by atoms with E-state index in [2.05, 4.69) is 43.5 Å². The van der Waals surface area contributed by atoms with Gasteiger partial charge in [-0.05, 0) is 44.9 Å². The Bertz CT molecular complexity index is 1490. The molecule has 12 N–H and O–H groups in total. The first-order chi connectivity index (χ1) is 35.3. The van der Waals surface area contributed by atoms with Crippen LogP contribution in [0.5, 0.6) is 0 Å². The zero-order chi connectivity index (χ0) is 53.4. The molecule has 426 valence electrons. The number of carbonyl (C=O) groups excluding carboxylic acids is 1. The van der Waals surface area contributed by atoms with E-state index in [9.17, 15) is 61.0 Å². The van der Waals surface area contributed by atoms with E-state index in [0.717, 1.165) is 77.0 Å². The first kappa shape index (κ1) is 65.3. The molecule has 0 aliphatic carbocycles. The van der Waals surface area contributed by atoms with Crippen molar-refractivity contribution >= 4 is 5.91 Å². The summed E-state index contributed by atoms with van der Waals surface area (Å²) in [4.78, 5) is 13.2. The van der Waals surface area contributed by atoms with Crippen LogP contribution in [-0.2, 0) is 33.2 Å². The van der Waals surface area contributed by atoms with Crippen molar-refractivity contribution in [3.05, 3.63) is 36.5 Å². The third kappa shape index (κ3) is 23.7. The number of allylic oxidation sites excluding steroid dienone is 5. The van der Waals surface area contributed by atoms with Crippen molar-refractivity contribution in [2.75, 3.05) is 26.4 Å². The molecular weight excluding hydrogens is 951 g/mol. The monoisotopic (exact) mass is 1050 g/mol. The topological polar surface area (TPSA) is 307 Å². The largest absolute Gasteiger partial charge is 0.394 e. The Labute approximate surface area is 434 Å². The van der Waals surface area contributed by atoms with Gasteiger partial charge in [0.15, 0.2) is 18.9 Å². The normalized spacial score (nSPS) is 32.0. The summed E-state index contributed by atoms with van der Waals surface area (Å²) in [5, 5.41) is 120. The first-order valence-corrected chi connectivity index (χ1v) is 27.7. The van der Waals surface area contributed by atoms with Gasteiger partial charge in [-0.15, -0.1) is 0 Å². The fourth-order valence-electron chi connectivity index (χ4n) is 9.29. The maximum absolute atomic E-state index is 13.2. The molecule has 0 aromatic rings. The molecule has 3 saturated heterocycles. The Morgan fingerprint density at radius 2 is 0.932 bits per heavy atom. The molecule has 3 aliphatic heterocycles. The van der Waals surface area contributed by atoms with Crippen molar-refractivity contribution in [1.29, 1.82) is 0 Å². The van der Waals surface area contributed by atoms with E-state index in [1.165, 1.54) is 64.2 Å². The highest BCUT2D eigenvalue weighted by Crippen LogP contribution is 2.33. The van der Waals surface area contributed by atoms with Gasteiger partial charge >= 0.3 is 0 Å². The van der Waals surface area contributed by atoms with Crippen LogP contribution in [0, 0.1) is 0 Å². The lowest BCUT2D eigenvalue weighted by molar-refractivity contribution is -0.379. The molecule has 3 heterocycles. The van der Waals surface area contributed by atoms with Gasteiger partial charge in [0, 0.05) is 6.42 Å². The molecule has 19 nitrogen and oxygen atoms in total. The molecule has 3 fully saturated rings. The van der Waals surface area contributed by atoms with Crippen LogP contribution in [0.25, 0.3) is 0 Å². The van der Waals surface area contributed by atoms with Gasteiger partial charge in [0.2, 0.25) is 5.91 Å². The standard InChI is InChI=1S/C54H97NO18/c1-3-5-7-9-11-13-15-17-18-20-21-23-25-27-29-31-38(59)37(55-42(60)32-30-28-26-24-22-19-16-14-12-10-8-6-4-2)36-68-52-48(66)45(63)50(40(34-57)70-52)73-54-49(67)46(64)51(41(35-58)71-54)72-53-47(65)44(62)43(61)39(33-56)69-53/h8,10,14,16,29,31,37-41,43-54,56-59,61-67H,3-7,9,11-13,15,17-28,30,32-36H2,1-2H3,(H,55,60)/b10-8-,16-14-,31-29+. The number of aliphatic hydroxyl groups is 11. The Morgan fingerprint density at radius 3 is 1.45 bits per heavy atom. The summed E-state index contributed by atoms with van der Waals surface area (Å²) in [6.07, 6.45) is 11.3. The lowest BCUT2D eigenvalue weighted by Gasteiger charge is -2.48. The minimum absolute atomic E-state index is 0.226. The number of rotatable bonds is 39. The number of nitrogens with one attached hydrogen (secondary N) is 1. The molecule has 73 heavy (non-hydrogen) atoms. The molecule has 19 heteroatoms. The van der Waals surface area contributed by atoms with E-state index < -0.39 is 124 Å². The quantitative estimate of drug-likeness (QED) is 0.0310. The second kappa shape index (κ2) is 38.5. The summed E-state index contributed by atoms with van der Waals surface area (Å²) in [7, 11) is 0. The van der Waals surface area contributed by atoms with Crippen molar-refractivity contribution in [2.24, 2.45) is 0 Å². The Kier molecular flexibility index (Phi) is 34.5. The van der Waals surface area contributed by atoms with Gasteiger partial charge in [-0.1, -0.05) is 153 Å². The third-order valence-corrected chi connectivity index (χ3v) is 13.9. The molecular formula is C54H97NO18. The number of carbonyl (C=O) groups is 1. The van der Waals surface area contributed by atoms with Crippen LogP contribution in [0.4, 0.5) is 0 Å². The molecule has 0 aromatic carbocycles. The number of unbranched alkanes of at least 4 members (excludes halogenated alkanes) is 19. The number of hydrogen-bond donors (Lipinski definition) is 12. The second-order valence-electron chi connectivity index (χ2n) is 20.0. The minimum atomic E-state index is -1.98. The lowest BCUT2D eigenvalue weighted by atomic mass is 9.96. The van der Waals surface area contributed by atoms with E-state index in [4.69, 9.17) is 28.4 Å². The summed E-state index contributed by atoms with van der Waals surface area (Å²) in [6, 6.07) is -0.977. The summed E-state index contributed by atoms with van der Waals surface area (Å²) >= 11 is 0. The summed E-state index contributed by atoms with van der Waals surface area (Å²) in [5.41, 5.74) is 0. The van der Waals surface area contributed by atoms with Crippen molar-refractivity contribution in [3.63, 3.8) is 0 Å². The predicted molar refractivity (Wildman–Crippen MR) is 272 cm³/mol. The van der Waals surface area contributed by atoms with Crippen LogP contribution < -0.4 is 5.32 Å². The maximum atomic E-state index is 13.2. The van der Waals surface area contributed by atoms with Gasteiger partial charge in [0.1, 0.15) is 73.2 Å². The average molecular weight is 1050 g/mol. The van der Waals surface area contributed by atoms with Gasteiger partial charge in [-0.3, -0.25) is 4.79 Å². The van der Waals surface area contributed by atoms with Crippen LogP contribution in [0.1, 0.15) is 168 Å². The predicted octanol–water partition coefficient (Wildman–Crippen LogP) is 3.37. The van der Waals surface area contributed by atoms with Crippen LogP contribution in [0.3, 0.4) is 0 Å². The van der Waals surface area contributed by atoms with E-state index in [1.807, 2.05) is 6.08 Å². The van der Waals surface area contributed by atoms with Crippen molar-refractivity contribution < 1.29 is 89.4 Å². The fraction of sp³-hybridized carbons (Fsp3) is 0.870. The molecule has 1 amide bonds. The molecule has 0 radical (unpaired) electrons. The van der Waals surface area contributed by atoms with Crippen LogP contribution >= 0.6 is 0 Å². The highest BCUT2D eigenvalue weighted by atomic mass is 16.8. The molecule has 0 saturated carbocycles. The summed E-state index contributed by atoms with van der Waals surface area (Å²) < 4.78 is 34.1. The average Bonchev–Trinajstić information content (AvgIpc) is 3.39. The number of ether oxygens (including phenoxy) is 6. The molecule has 3 rings (SSSR count). The zero-order valence-corrected chi connectivity index (χ0v) is 43.9. The van der Waals surface area contributed by atoms with Gasteiger partial charge in [-0.25, -0.2) is 0 Å². The zero-order valence-electron chi connectivity index (χ0n) is 43.9. The van der Waals surface area contributed by atoms with Gasteiger partial charge in [-0.2, -0.15) is 0 Å². The maximum Gasteiger partial charge on any atom is 0.220 e. The Balaban J connectivity index is 1.55. The SMILES string of the molecule is CCC/C=C\C/C=C\CCCCCCCC(=O)NC(COC1OC(CO)C(OC2OC(CO)C(OC3OC(CO)C(O)C(O)C3O)C(O)C2O)C(O)C1O)C(O)/C=C/CCCCCCCCCCCCCCC. The smallest absolute Gasteiger partial charge is 0.220 e. The minimum Gasteiger partial charge on any atom is -0.394 e. The number of aliphatic hydroxyl groups excluding tert-OH is 11. The van der Waals surface area contributed by atoms with E-state index in [0.29, 0.717) is 6.42 Å². The third-order valence-electron chi connectivity index (χ3n) is 13.9. The van der Waals surface area contributed by atoms with Gasteiger partial charge < -0.3 is 89.9 Å². The van der Waals surface area contributed by atoms with E-state index >= 15 is 0 Å². The van der Waals surface area contributed by atoms with Crippen LogP contribution in [0.15, 0.2) is 36.5 Å². The van der Waals surface area contributed by atoms with Crippen LogP contribution in [0.2, 0.25) is 0 Å². The van der Waals surface area contributed by atoms with Crippen molar-refractivity contribution in [3.8, 4) is 0 Å². The van der Waals surface area contributed by atoms with Crippen LogP contribution in [-0.4, -0.2) is 193 Å². The molecule has 3 aliphatic rings. The first-order valence-electron chi connectivity index (χ1n) is 27.7. The van der Waals surface area contributed by atoms with Gasteiger partial charge in [0.05, 0.1) is 38.6 Å². The number of hydrogen-bond acceptors (Lipinski definition) is 18. The van der Waals surface area contributed by atoms with Crippen molar-refractivity contribution in [2.45, 2.75) is 272 Å². The summed E-state index contributed by atoms with van der Waals surface area (Å²) in [6.45, 7) is 1.61. The highest BCUT2D eigenvalue weighted by Gasteiger charge is 2.53. The Morgan fingerprint density at radius 1 is 0.493 bits per heavy atom. The molecule has 17 atom stereocenters. The highest BCUT2D eigenvalue weighted by molar-refractivity contribution is 5.76. The second-order valence-corrected chi connectivity index (χ2v) is 20.0. The van der Waals surface area contributed by atoms with Crippen molar-refractivity contribution in [1.82, 2.24) is 5.32 Å². The summed E-state index contributed by atoms with van der Waals surface area (Å²) in [5.74, 6) is -0.293. The lowest BCUT2D eigenvalue weighted by Crippen LogP contribution is -2.66. The molecule has 0 aromatic heterocycles. The van der Waals surface area contributed by atoms with E-state index in [1.54, 1.807) is 6.08 Å². The number of amides is 1. The Hall–Kier alpha value is -1.99. The van der Waals surface area contributed by atoms with Gasteiger partial charge in [0.25, 0.3) is 0 Å².